The molecule has 0 saturated carbocycles. The van der Waals surface area contributed by atoms with Gasteiger partial charge in [-0.3, -0.25) is 0 Å². The van der Waals surface area contributed by atoms with E-state index in [0.717, 1.165) is 39.2 Å². The molecule has 0 aliphatic heterocycles. The molecular weight excluding hydrogens is 332 g/mol. The number of nitrogens with zero attached hydrogens (tertiary/aromatic N) is 1. The third-order valence-corrected chi connectivity index (χ3v) is 4.85. The smallest absolute Gasteiger partial charge is 0.134 e. The van der Waals surface area contributed by atoms with Crippen LogP contribution >= 0.6 is 0 Å². The lowest BCUT2D eigenvalue weighted by atomic mass is 10.00. The van der Waals surface area contributed by atoms with Crippen molar-refractivity contribution in [2.45, 2.75) is 6.92 Å². The Balaban J connectivity index is 1.88. The summed E-state index contributed by atoms with van der Waals surface area (Å²) in [6.45, 7) is 2.05. The number of nitrogens with one attached hydrogen (secondary N) is 1. The van der Waals surface area contributed by atoms with Crippen molar-refractivity contribution in [1.29, 1.82) is 0 Å². The van der Waals surface area contributed by atoms with Gasteiger partial charge in [-0.15, -0.1) is 0 Å². The number of fused-ring (bicyclic) bond motifs is 1. The molecule has 0 saturated heterocycles. The van der Waals surface area contributed by atoms with Crippen LogP contribution in [0.25, 0.3) is 33.2 Å². The van der Waals surface area contributed by atoms with Crippen LogP contribution in [0.5, 0.6) is 5.75 Å². The molecule has 27 heavy (non-hydrogen) atoms. The van der Waals surface area contributed by atoms with Crippen molar-refractivity contribution in [3.05, 3.63) is 78.4 Å². The molecule has 1 aromatic heterocycles. The number of benzene rings is 3. The van der Waals surface area contributed by atoms with Crippen molar-refractivity contribution >= 4 is 16.6 Å². The zero-order chi connectivity index (χ0) is 18.8. The Hall–Kier alpha value is -3.33. The third kappa shape index (κ3) is 3.24. The number of anilines is 1. The lowest BCUT2D eigenvalue weighted by Crippen LogP contribution is -1.97. The average Bonchev–Trinajstić information content (AvgIpc) is 2.73. The van der Waals surface area contributed by atoms with Crippen LogP contribution in [0.3, 0.4) is 0 Å². The Bertz CT molecular complexity index is 1100. The normalized spacial score (nSPS) is 10.8. The van der Waals surface area contributed by atoms with Gasteiger partial charge in [-0.25, -0.2) is 4.98 Å². The molecule has 3 aromatic carbocycles. The van der Waals surface area contributed by atoms with Gasteiger partial charge < -0.3 is 10.1 Å². The molecule has 0 unspecified atom stereocenters. The molecule has 0 radical (unpaired) electrons. The number of hydrogen-bond acceptors (Lipinski definition) is 3. The molecule has 134 valence electrons. The van der Waals surface area contributed by atoms with Crippen LogP contribution < -0.4 is 10.1 Å². The fraction of sp³-hybridized carbons (Fsp3) is 0.125. The zero-order valence-corrected chi connectivity index (χ0v) is 15.8. The molecule has 1 N–H and O–H groups in total. The van der Waals surface area contributed by atoms with Crippen LogP contribution in [0.4, 0.5) is 5.82 Å². The fourth-order valence-corrected chi connectivity index (χ4v) is 3.44. The molecule has 0 amide bonds. The molecular formula is C24H22N2O. The molecule has 0 spiro atoms. The van der Waals surface area contributed by atoms with Crippen LogP contribution in [0.15, 0.2) is 72.8 Å². The van der Waals surface area contributed by atoms with Gasteiger partial charge in [-0.05, 0) is 53.3 Å². The van der Waals surface area contributed by atoms with Gasteiger partial charge in [0.15, 0.2) is 0 Å². The lowest BCUT2D eigenvalue weighted by molar-refractivity contribution is 0.412. The predicted octanol–water partition coefficient (Wildman–Crippen LogP) is 5.93. The van der Waals surface area contributed by atoms with E-state index in [1.807, 2.05) is 13.1 Å². The van der Waals surface area contributed by atoms with Crippen molar-refractivity contribution < 1.29 is 4.74 Å². The molecule has 0 aliphatic carbocycles. The number of aryl methyl sites for hydroxylation is 1. The second kappa shape index (κ2) is 7.12. The highest BCUT2D eigenvalue weighted by molar-refractivity contribution is 5.96. The first-order valence-corrected chi connectivity index (χ1v) is 9.02. The quantitative estimate of drug-likeness (QED) is 0.493. The summed E-state index contributed by atoms with van der Waals surface area (Å²) in [4.78, 5) is 4.87. The first kappa shape index (κ1) is 17.1. The molecule has 0 fully saturated rings. The molecule has 1 heterocycles. The van der Waals surface area contributed by atoms with E-state index in [2.05, 4.69) is 79.0 Å². The molecule has 3 nitrogen and oxygen atoms in total. The van der Waals surface area contributed by atoms with Crippen LogP contribution in [0.1, 0.15) is 5.56 Å². The van der Waals surface area contributed by atoms with E-state index in [0.29, 0.717) is 0 Å². The largest absolute Gasteiger partial charge is 0.496 e. The van der Waals surface area contributed by atoms with Crippen LogP contribution in [0.2, 0.25) is 0 Å². The zero-order valence-electron chi connectivity index (χ0n) is 15.8. The van der Waals surface area contributed by atoms with E-state index >= 15 is 0 Å². The fourth-order valence-electron chi connectivity index (χ4n) is 3.44. The maximum atomic E-state index is 5.51. The molecule has 3 heteroatoms. The summed E-state index contributed by atoms with van der Waals surface area (Å²) >= 11 is 0. The van der Waals surface area contributed by atoms with Gasteiger partial charge in [0.05, 0.1) is 12.8 Å². The first-order chi connectivity index (χ1) is 13.2. The van der Waals surface area contributed by atoms with Gasteiger partial charge in [0, 0.05) is 18.0 Å². The van der Waals surface area contributed by atoms with Gasteiger partial charge in [0.2, 0.25) is 0 Å². The molecule has 4 rings (SSSR count). The van der Waals surface area contributed by atoms with Crippen molar-refractivity contribution in [1.82, 2.24) is 4.98 Å². The van der Waals surface area contributed by atoms with Crippen LogP contribution in [0, 0.1) is 6.92 Å². The van der Waals surface area contributed by atoms with Crippen molar-refractivity contribution in [3.63, 3.8) is 0 Å². The number of aromatic nitrogens is 1. The Labute approximate surface area is 159 Å². The Morgan fingerprint density at radius 2 is 1.56 bits per heavy atom. The molecule has 0 atom stereocenters. The highest BCUT2D eigenvalue weighted by Crippen LogP contribution is 2.33. The summed E-state index contributed by atoms with van der Waals surface area (Å²) in [6, 6.07) is 25.2. The molecule has 0 aliphatic rings. The van der Waals surface area contributed by atoms with Gasteiger partial charge >= 0.3 is 0 Å². The minimum atomic E-state index is 0.873. The van der Waals surface area contributed by atoms with Crippen molar-refractivity contribution in [3.8, 4) is 28.1 Å². The summed E-state index contributed by atoms with van der Waals surface area (Å²) in [5.74, 6) is 1.76. The van der Waals surface area contributed by atoms with E-state index in [1.54, 1.807) is 7.11 Å². The summed E-state index contributed by atoms with van der Waals surface area (Å²) < 4.78 is 5.51. The number of methoxy groups -OCH3 is 1. The van der Waals surface area contributed by atoms with E-state index in [4.69, 9.17) is 9.72 Å². The standard InChI is InChI=1S/C24H22N2O/c1-16-12-21-20(15-23(16)27-3)14-22(26-24(21)25-2)19-11-7-10-18(13-19)17-8-5-4-6-9-17/h4-15H,1-3H3,(H,25,26). The van der Waals surface area contributed by atoms with Crippen molar-refractivity contribution in [2.75, 3.05) is 19.5 Å². The second-order valence-electron chi connectivity index (χ2n) is 6.60. The number of ether oxygens (including phenoxy) is 1. The van der Waals surface area contributed by atoms with Crippen molar-refractivity contribution in [2.24, 2.45) is 0 Å². The summed E-state index contributed by atoms with van der Waals surface area (Å²) in [7, 11) is 3.62. The van der Waals surface area contributed by atoms with Gasteiger partial charge in [-0.2, -0.15) is 0 Å². The predicted molar refractivity (Wildman–Crippen MR) is 113 cm³/mol. The topological polar surface area (TPSA) is 34.2 Å². The number of pyridine rings is 1. The van der Waals surface area contributed by atoms with Gasteiger partial charge in [-0.1, -0.05) is 48.5 Å². The highest BCUT2D eigenvalue weighted by Gasteiger charge is 2.11. The highest BCUT2D eigenvalue weighted by atomic mass is 16.5. The first-order valence-electron chi connectivity index (χ1n) is 9.02. The Morgan fingerprint density at radius 3 is 2.30 bits per heavy atom. The van der Waals surface area contributed by atoms with Gasteiger partial charge in [0.1, 0.15) is 11.6 Å². The molecule has 0 bridgehead atoms. The summed E-state index contributed by atoms with van der Waals surface area (Å²) in [6.07, 6.45) is 0. The Kier molecular flexibility index (Phi) is 4.51. The maximum absolute atomic E-state index is 5.51. The van der Waals surface area contributed by atoms with Gasteiger partial charge in [0.25, 0.3) is 0 Å². The monoisotopic (exact) mass is 354 g/mol. The Morgan fingerprint density at radius 1 is 0.815 bits per heavy atom. The maximum Gasteiger partial charge on any atom is 0.134 e. The van der Waals surface area contributed by atoms with E-state index < -0.39 is 0 Å². The summed E-state index contributed by atoms with van der Waals surface area (Å²) in [5.41, 5.74) is 5.51. The SMILES string of the molecule is CNc1nc(-c2cccc(-c3ccccc3)c2)cc2cc(OC)c(C)cc12. The van der Waals surface area contributed by atoms with Crippen LogP contribution in [-0.2, 0) is 0 Å². The average molecular weight is 354 g/mol. The van der Waals surface area contributed by atoms with E-state index in [-0.39, 0.29) is 0 Å². The number of hydrogen-bond donors (Lipinski definition) is 1. The minimum Gasteiger partial charge on any atom is -0.496 e. The van der Waals surface area contributed by atoms with Crippen LogP contribution in [-0.4, -0.2) is 19.1 Å². The lowest BCUT2D eigenvalue weighted by Gasteiger charge is -2.13. The third-order valence-electron chi connectivity index (χ3n) is 4.85. The van der Waals surface area contributed by atoms with E-state index in [1.165, 1.54) is 11.1 Å². The minimum absolute atomic E-state index is 0.873. The summed E-state index contributed by atoms with van der Waals surface area (Å²) in [5, 5.41) is 5.44. The van der Waals surface area contributed by atoms with E-state index in [9.17, 15) is 0 Å². The number of rotatable bonds is 4. The molecule has 4 aromatic rings. The second-order valence-corrected chi connectivity index (χ2v) is 6.60.